The van der Waals surface area contributed by atoms with E-state index in [9.17, 15) is 22.8 Å². The van der Waals surface area contributed by atoms with Gasteiger partial charge in [-0.3, -0.25) is 9.48 Å². The molecule has 2 aromatic heterocycles. The minimum Gasteiger partial charge on any atom is -0.314 e. The number of nitrogens with one attached hydrogen (secondary N) is 1. The van der Waals surface area contributed by atoms with Crippen LogP contribution in [0.2, 0.25) is 0 Å². The summed E-state index contributed by atoms with van der Waals surface area (Å²) < 4.78 is 42.1. The van der Waals surface area contributed by atoms with Gasteiger partial charge in [0.05, 0.1) is 36.7 Å². The lowest BCUT2D eigenvalue weighted by Crippen LogP contribution is -2.47. The van der Waals surface area contributed by atoms with Crippen LogP contribution in [0.25, 0.3) is 0 Å². The Morgan fingerprint density at radius 1 is 1.09 bits per heavy atom. The molecule has 176 valence electrons. The lowest BCUT2D eigenvalue weighted by Gasteiger charge is -2.35. The molecule has 2 aliphatic heterocycles. The average Bonchev–Trinajstić information content (AvgIpc) is 3.40. The van der Waals surface area contributed by atoms with Crippen LogP contribution in [0.15, 0.2) is 37.1 Å². The van der Waals surface area contributed by atoms with Gasteiger partial charge >= 0.3 is 6.03 Å². The van der Waals surface area contributed by atoms with Gasteiger partial charge in [0.1, 0.15) is 6.33 Å². The number of hydrogen-bond donors (Lipinski definition) is 1. The van der Waals surface area contributed by atoms with E-state index in [1.807, 2.05) is 6.92 Å². The average molecular weight is 471 g/mol. The molecular weight excluding hydrogens is 451 g/mol. The van der Waals surface area contributed by atoms with E-state index in [0.29, 0.717) is 30.9 Å². The molecule has 12 heteroatoms. The Morgan fingerprint density at radius 2 is 1.79 bits per heavy atom. The molecule has 0 bridgehead atoms. The number of rotatable bonds is 3. The summed E-state index contributed by atoms with van der Waals surface area (Å²) in [5.74, 6) is -4.53. The van der Waals surface area contributed by atoms with Crippen molar-refractivity contribution in [3.63, 3.8) is 0 Å². The first kappa shape index (κ1) is 21.9. The molecule has 0 radical (unpaired) electrons. The fourth-order valence-electron chi connectivity index (χ4n) is 4.39. The minimum absolute atomic E-state index is 0.0607. The number of aromatic nitrogens is 4. The van der Waals surface area contributed by atoms with Crippen molar-refractivity contribution in [1.82, 2.24) is 24.6 Å². The maximum Gasteiger partial charge on any atom is 0.322 e. The molecule has 9 nitrogen and oxygen atoms in total. The molecule has 0 aliphatic carbocycles. The van der Waals surface area contributed by atoms with E-state index in [1.165, 1.54) is 11.2 Å². The predicted molar refractivity (Wildman–Crippen MR) is 114 cm³/mol. The second-order valence-electron chi connectivity index (χ2n) is 8.40. The molecule has 34 heavy (non-hydrogen) atoms. The fraction of sp³-hybridized carbons (Fsp3) is 0.318. The van der Waals surface area contributed by atoms with Crippen LogP contribution in [0.5, 0.6) is 0 Å². The summed E-state index contributed by atoms with van der Waals surface area (Å²) in [5.41, 5.74) is 1.94. The van der Waals surface area contributed by atoms with E-state index in [0.717, 1.165) is 17.7 Å². The van der Waals surface area contributed by atoms with Crippen LogP contribution in [-0.4, -0.2) is 49.2 Å². The number of nitrogens with zero attached hydrogens (tertiary/aromatic N) is 6. The number of carbonyl (C=O) groups is 2. The molecule has 3 aromatic rings. The van der Waals surface area contributed by atoms with Crippen molar-refractivity contribution >= 4 is 23.3 Å². The van der Waals surface area contributed by atoms with Gasteiger partial charge in [0.2, 0.25) is 5.91 Å². The zero-order valence-electron chi connectivity index (χ0n) is 18.1. The van der Waals surface area contributed by atoms with Crippen LogP contribution in [0.3, 0.4) is 0 Å². The molecule has 1 N–H and O–H groups in total. The Labute approximate surface area is 192 Å². The third-order valence-electron chi connectivity index (χ3n) is 6.18. The van der Waals surface area contributed by atoms with Crippen molar-refractivity contribution in [1.29, 1.82) is 0 Å². The number of urea groups is 1. The molecule has 2 aliphatic rings. The van der Waals surface area contributed by atoms with E-state index in [1.54, 1.807) is 28.2 Å². The molecule has 1 fully saturated rings. The normalized spacial score (nSPS) is 19.9. The van der Waals surface area contributed by atoms with E-state index in [4.69, 9.17) is 0 Å². The smallest absolute Gasteiger partial charge is 0.314 e. The van der Waals surface area contributed by atoms with E-state index in [2.05, 4.69) is 20.4 Å². The number of amides is 3. The van der Waals surface area contributed by atoms with E-state index in [-0.39, 0.29) is 30.1 Å². The Hall–Kier alpha value is -3.96. The van der Waals surface area contributed by atoms with Crippen molar-refractivity contribution in [3.8, 4) is 0 Å². The highest BCUT2D eigenvalue weighted by Gasteiger charge is 2.37. The Morgan fingerprint density at radius 3 is 2.50 bits per heavy atom. The van der Waals surface area contributed by atoms with Crippen molar-refractivity contribution < 1.29 is 22.8 Å². The number of carbonyl (C=O) groups excluding carboxylic acids is 2. The van der Waals surface area contributed by atoms with Gasteiger partial charge in [0.25, 0.3) is 0 Å². The van der Waals surface area contributed by atoms with Crippen LogP contribution in [0.4, 0.5) is 29.3 Å². The number of halogens is 3. The van der Waals surface area contributed by atoms with Gasteiger partial charge in [-0.25, -0.2) is 27.9 Å². The Bertz CT molecular complexity index is 1240. The molecule has 2 atom stereocenters. The van der Waals surface area contributed by atoms with Gasteiger partial charge in [0, 0.05) is 49.1 Å². The third-order valence-corrected chi connectivity index (χ3v) is 6.18. The lowest BCUT2D eigenvalue weighted by atomic mass is 10.0. The summed E-state index contributed by atoms with van der Waals surface area (Å²) in [6.45, 7) is 2.73. The molecule has 4 heterocycles. The molecule has 0 spiro atoms. The quantitative estimate of drug-likeness (QED) is 0.593. The van der Waals surface area contributed by atoms with Crippen LogP contribution < -0.4 is 10.2 Å². The maximum atomic E-state index is 13.5. The summed E-state index contributed by atoms with van der Waals surface area (Å²) in [4.78, 5) is 36.9. The number of anilines is 2. The second-order valence-corrected chi connectivity index (χ2v) is 8.40. The van der Waals surface area contributed by atoms with Gasteiger partial charge < -0.3 is 15.1 Å². The molecule has 1 saturated heterocycles. The first-order valence-electron chi connectivity index (χ1n) is 10.6. The van der Waals surface area contributed by atoms with Crippen LogP contribution in [0.1, 0.15) is 30.5 Å². The number of fused-ring (bicyclic) bond motifs is 1. The summed E-state index contributed by atoms with van der Waals surface area (Å²) >= 11 is 0. The standard InChI is InChI=1S/C22H20F3N7O2/c1-12-8-32-19(10-30(12)22(34)29-15-3-16(23)21(25)17(24)4-15)18(7-28-32)31-9-13(2-20(31)33)14-5-26-11-27-6-14/h3-7,11-13H,2,8-10H2,1H3,(H,29,34)/t12-,13?/m0/s1. The third kappa shape index (κ3) is 3.84. The van der Waals surface area contributed by atoms with Crippen molar-refractivity contribution in [2.24, 2.45) is 0 Å². The summed E-state index contributed by atoms with van der Waals surface area (Å²) in [7, 11) is 0. The minimum atomic E-state index is -1.60. The number of hydrogen-bond acceptors (Lipinski definition) is 5. The maximum absolute atomic E-state index is 13.5. The van der Waals surface area contributed by atoms with Gasteiger partial charge in [-0.2, -0.15) is 5.10 Å². The van der Waals surface area contributed by atoms with Crippen LogP contribution in [-0.2, 0) is 17.9 Å². The van der Waals surface area contributed by atoms with Crippen molar-refractivity contribution in [2.75, 3.05) is 16.8 Å². The number of benzene rings is 1. The zero-order valence-corrected chi connectivity index (χ0v) is 18.1. The molecule has 0 saturated carbocycles. The fourth-order valence-corrected chi connectivity index (χ4v) is 4.39. The first-order chi connectivity index (χ1) is 16.3. The molecule has 3 amide bonds. The van der Waals surface area contributed by atoms with Crippen LogP contribution in [0, 0.1) is 17.5 Å². The van der Waals surface area contributed by atoms with Gasteiger partial charge in [-0.05, 0) is 12.5 Å². The van der Waals surface area contributed by atoms with Crippen molar-refractivity contribution in [2.45, 2.75) is 38.4 Å². The largest absolute Gasteiger partial charge is 0.322 e. The molecular formula is C22H20F3N7O2. The zero-order chi connectivity index (χ0) is 24.0. The lowest BCUT2D eigenvalue weighted by molar-refractivity contribution is -0.117. The van der Waals surface area contributed by atoms with Gasteiger partial charge in [0.15, 0.2) is 17.5 Å². The van der Waals surface area contributed by atoms with E-state index < -0.39 is 23.5 Å². The summed E-state index contributed by atoms with van der Waals surface area (Å²) in [6.07, 6.45) is 6.73. The highest BCUT2D eigenvalue weighted by atomic mass is 19.2. The highest BCUT2D eigenvalue weighted by Crippen LogP contribution is 2.35. The monoisotopic (exact) mass is 471 g/mol. The van der Waals surface area contributed by atoms with Gasteiger partial charge in [-0.15, -0.1) is 0 Å². The Kier molecular flexibility index (Phi) is 5.42. The van der Waals surface area contributed by atoms with Gasteiger partial charge in [-0.1, -0.05) is 0 Å². The first-order valence-corrected chi connectivity index (χ1v) is 10.6. The van der Waals surface area contributed by atoms with Crippen molar-refractivity contribution in [3.05, 3.63) is 65.8 Å². The SMILES string of the molecule is C[C@H]1Cn2ncc(N3CC(c4cncnc4)CC3=O)c2CN1C(=O)Nc1cc(F)c(F)c(F)c1. The Balaban J connectivity index is 1.36. The van der Waals surface area contributed by atoms with E-state index >= 15 is 0 Å². The molecule has 1 unspecified atom stereocenters. The second kappa shape index (κ2) is 8.43. The highest BCUT2D eigenvalue weighted by molar-refractivity contribution is 5.97. The topological polar surface area (TPSA) is 96.2 Å². The summed E-state index contributed by atoms with van der Waals surface area (Å²) in [6, 6.07) is 0.538. The summed E-state index contributed by atoms with van der Waals surface area (Å²) in [5, 5.41) is 6.81. The van der Waals surface area contributed by atoms with Crippen LogP contribution >= 0.6 is 0 Å². The molecule has 5 rings (SSSR count). The predicted octanol–water partition coefficient (Wildman–Crippen LogP) is 3.05. The molecule has 1 aromatic carbocycles.